The van der Waals surface area contributed by atoms with Gasteiger partial charge in [0.25, 0.3) is 0 Å². The monoisotopic (exact) mass is 123 g/mol. The van der Waals surface area contributed by atoms with E-state index in [1.54, 1.807) is 6.92 Å². The summed E-state index contributed by atoms with van der Waals surface area (Å²) in [7, 11) is 0. The molecular weight excluding hydrogens is 114 g/mol. The first kappa shape index (κ1) is 7.57. The second-order valence-corrected chi connectivity index (χ2v) is 1.54. The maximum atomic E-state index is 8.33. The molecule has 48 valence electrons. The lowest BCUT2D eigenvalue weighted by Gasteiger charge is -1.91. The molecule has 0 spiro atoms. The molecule has 0 heterocycles. The average Bonchev–Trinajstić information content (AvgIpc) is 1.90. The molecule has 0 aliphatic heterocycles. The third-order valence-corrected chi connectivity index (χ3v) is 0.962. The minimum Gasteiger partial charge on any atom is -0.404 e. The minimum atomic E-state index is 0.414. The molecule has 3 heteroatoms. The van der Waals surface area contributed by atoms with Crippen LogP contribution in [-0.2, 0) is 0 Å². The van der Waals surface area contributed by atoms with Crippen LogP contribution in [0.4, 0.5) is 0 Å². The first-order valence-electron chi connectivity index (χ1n) is 2.47. The Morgan fingerprint density at radius 3 is 2.11 bits per heavy atom. The molecule has 3 nitrogen and oxygen atoms in total. The van der Waals surface area contributed by atoms with Gasteiger partial charge in [-0.3, -0.25) is 0 Å². The highest BCUT2D eigenvalue weighted by atomic mass is 14.5. The number of nitriles is 1. The first-order chi connectivity index (χ1) is 4.26. The van der Waals surface area contributed by atoms with Gasteiger partial charge in [-0.15, -0.1) is 0 Å². The van der Waals surface area contributed by atoms with Gasteiger partial charge < -0.3 is 11.5 Å². The lowest BCUT2D eigenvalue weighted by molar-refractivity contribution is 1.33. The highest BCUT2D eigenvalue weighted by Crippen LogP contribution is 2.02. The third kappa shape index (κ3) is 1.87. The van der Waals surface area contributed by atoms with Crippen LogP contribution in [0.2, 0.25) is 0 Å². The second-order valence-electron chi connectivity index (χ2n) is 1.54. The van der Waals surface area contributed by atoms with Gasteiger partial charge >= 0.3 is 0 Å². The summed E-state index contributed by atoms with van der Waals surface area (Å²) in [6, 6.07) is 1.89. The Morgan fingerprint density at radius 2 is 2.00 bits per heavy atom. The lowest BCUT2D eigenvalue weighted by Crippen LogP contribution is -1.91. The van der Waals surface area contributed by atoms with E-state index in [1.807, 2.05) is 6.07 Å². The van der Waals surface area contributed by atoms with Gasteiger partial charge in [0.15, 0.2) is 0 Å². The van der Waals surface area contributed by atoms with Crippen molar-refractivity contribution in [3.8, 4) is 6.07 Å². The summed E-state index contributed by atoms with van der Waals surface area (Å²) < 4.78 is 0. The van der Waals surface area contributed by atoms with Crippen molar-refractivity contribution in [2.45, 2.75) is 6.92 Å². The molecule has 0 aromatic rings. The fourth-order valence-corrected chi connectivity index (χ4v) is 0.347. The fourth-order valence-electron chi connectivity index (χ4n) is 0.347. The Labute approximate surface area is 54.3 Å². The lowest BCUT2D eigenvalue weighted by atomic mass is 10.1. The van der Waals surface area contributed by atoms with Gasteiger partial charge in [-0.05, 0) is 18.7 Å². The molecule has 0 bridgehead atoms. The summed E-state index contributed by atoms with van der Waals surface area (Å²) in [5, 5.41) is 8.33. The summed E-state index contributed by atoms with van der Waals surface area (Å²) in [4.78, 5) is 0. The van der Waals surface area contributed by atoms with E-state index in [0.717, 1.165) is 0 Å². The van der Waals surface area contributed by atoms with Crippen LogP contribution >= 0.6 is 0 Å². The van der Waals surface area contributed by atoms with Crippen molar-refractivity contribution < 1.29 is 0 Å². The van der Waals surface area contributed by atoms with Crippen LogP contribution in [0, 0.1) is 11.3 Å². The molecule has 0 aliphatic carbocycles. The van der Waals surface area contributed by atoms with E-state index < -0.39 is 0 Å². The van der Waals surface area contributed by atoms with Crippen LogP contribution in [0.5, 0.6) is 0 Å². The van der Waals surface area contributed by atoms with Crippen molar-refractivity contribution in [1.29, 1.82) is 5.26 Å². The number of nitrogens with zero attached hydrogens (tertiary/aromatic N) is 1. The van der Waals surface area contributed by atoms with Gasteiger partial charge in [0, 0.05) is 6.20 Å². The number of nitrogens with two attached hydrogens (primary N) is 2. The summed E-state index contributed by atoms with van der Waals surface area (Å²) in [6.45, 7) is 1.72. The predicted molar refractivity (Wildman–Crippen MR) is 35.8 cm³/mol. The molecule has 0 aliphatic rings. The van der Waals surface area contributed by atoms with E-state index in [1.165, 1.54) is 12.4 Å². The summed E-state index contributed by atoms with van der Waals surface area (Å²) in [5.74, 6) is 0. The highest BCUT2D eigenvalue weighted by Gasteiger charge is 1.93. The van der Waals surface area contributed by atoms with E-state index in [9.17, 15) is 0 Å². The topological polar surface area (TPSA) is 75.8 Å². The van der Waals surface area contributed by atoms with Crippen molar-refractivity contribution in [1.82, 2.24) is 0 Å². The largest absolute Gasteiger partial charge is 0.404 e. The molecule has 0 unspecified atom stereocenters. The Hall–Kier alpha value is -1.43. The molecule has 0 saturated heterocycles. The third-order valence-electron chi connectivity index (χ3n) is 0.962. The van der Waals surface area contributed by atoms with E-state index in [-0.39, 0.29) is 0 Å². The summed E-state index contributed by atoms with van der Waals surface area (Å²) >= 11 is 0. The fraction of sp³-hybridized carbons (Fsp3) is 0.167. The maximum absolute atomic E-state index is 8.33. The van der Waals surface area contributed by atoms with Gasteiger partial charge in [-0.25, -0.2) is 0 Å². The summed E-state index contributed by atoms with van der Waals surface area (Å²) in [5.41, 5.74) is 11.3. The van der Waals surface area contributed by atoms with E-state index in [4.69, 9.17) is 16.7 Å². The molecule has 0 rings (SSSR count). The molecule has 0 saturated carbocycles. The highest BCUT2D eigenvalue weighted by molar-refractivity contribution is 5.39. The predicted octanol–water partition coefficient (Wildman–Crippen LogP) is 0.215. The second kappa shape index (κ2) is 3.56. The zero-order valence-electron chi connectivity index (χ0n) is 5.26. The molecule has 9 heavy (non-hydrogen) atoms. The Morgan fingerprint density at radius 1 is 1.44 bits per heavy atom. The molecular formula is C6H9N3. The number of allylic oxidation sites excluding steroid dienone is 2. The van der Waals surface area contributed by atoms with Gasteiger partial charge in [0.05, 0.1) is 5.57 Å². The smallest absolute Gasteiger partial charge is 0.101 e. The Balaban J connectivity index is 4.39. The standard InChI is InChI=1S/C6H9N3/c1-5(2-7)6(3-8)4-9/h2-3H,7-8H2,1H3/b5-2-,6-3-. The van der Waals surface area contributed by atoms with E-state index in [0.29, 0.717) is 11.1 Å². The van der Waals surface area contributed by atoms with Crippen LogP contribution in [0.1, 0.15) is 6.92 Å². The van der Waals surface area contributed by atoms with E-state index in [2.05, 4.69) is 0 Å². The summed E-state index contributed by atoms with van der Waals surface area (Å²) in [6.07, 6.45) is 2.58. The van der Waals surface area contributed by atoms with Gasteiger partial charge in [-0.1, -0.05) is 0 Å². The molecule has 0 fully saturated rings. The first-order valence-corrected chi connectivity index (χ1v) is 2.47. The van der Waals surface area contributed by atoms with Crippen LogP contribution < -0.4 is 11.5 Å². The molecule has 0 aromatic carbocycles. The van der Waals surface area contributed by atoms with Crippen molar-refractivity contribution in [2.24, 2.45) is 11.5 Å². The molecule has 0 atom stereocenters. The van der Waals surface area contributed by atoms with Gasteiger partial charge in [0.2, 0.25) is 0 Å². The maximum Gasteiger partial charge on any atom is 0.101 e. The van der Waals surface area contributed by atoms with Gasteiger partial charge in [-0.2, -0.15) is 5.26 Å². The molecule has 0 amide bonds. The van der Waals surface area contributed by atoms with Crippen molar-refractivity contribution in [3.05, 3.63) is 23.5 Å². The van der Waals surface area contributed by atoms with Crippen molar-refractivity contribution in [2.75, 3.05) is 0 Å². The average molecular weight is 123 g/mol. The number of rotatable bonds is 1. The number of hydrogen-bond donors (Lipinski definition) is 2. The van der Waals surface area contributed by atoms with Crippen LogP contribution in [-0.4, -0.2) is 0 Å². The zero-order valence-corrected chi connectivity index (χ0v) is 5.26. The molecule has 0 radical (unpaired) electrons. The Bertz CT molecular complexity index is 183. The Kier molecular flexibility index (Phi) is 2.99. The van der Waals surface area contributed by atoms with Crippen LogP contribution in [0.25, 0.3) is 0 Å². The molecule has 0 aromatic heterocycles. The number of hydrogen-bond acceptors (Lipinski definition) is 3. The normalized spacial score (nSPS) is 12.9. The molecule has 4 N–H and O–H groups in total. The van der Waals surface area contributed by atoms with E-state index >= 15 is 0 Å². The quantitative estimate of drug-likeness (QED) is 0.386. The zero-order chi connectivity index (χ0) is 7.28. The van der Waals surface area contributed by atoms with Crippen molar-refractivity contribution >= 4 is 0 Å². The van der Waals surface area contributed by atoms with Crippen molar-refractivity contribution in [3.63, 3.8) is 0 Å². The minimum absolute atomic E-state index is 0.414. The van der Waals surface area contributed by atoms with Crippen LogP contribution in [0.3, 0.4) is 0 Å². The van der Waals surface area contributed by atoms with Crippen LogP contribution in [0.15, 0.2) is 23.5 Å². The SMILES string of the molecule is CC(=C/N)/C(C#N)=C\N. The van der Waals surface area contributed by atoms with Gasteiger partial charge in [0.1, 0.15) is 6.07 Å².